The number of amides is 1. The van der Waals surface area contributed by atoms with Gasteiger partial charge in [-0.1, -0.05) is 67.6 Å². The van der Waals surface area contributed by atoms with E-state index < -0.39 is 0 Å². The summed E-state index contributed by atoms with van der Waals surface area (Å²) < 4.78 is 4.97. The van der Waals surface area contributed by atoms with Crippen molar-refractivity contribution in [1.29, 1.82) is 0 Å². The Kier molecular flexibility index (Phi) is 10.4. The van der Waals surface area contributed by atoms with Crippen LogP contribution in [-0.2, 0) is 20.7 Å². The highest BCUT2D eigenvalue weighted by Gasteiger charge is 2.14. The van der Waals surface area contributed by atoms with Crippen LogP contribution in [0.3, 0.4) is 0 Å². The average Bonchev–Trinajstić information content (AvgIpc) is 2.76. The Bertz CT molecular complexity index is 830. The summed E-state index contributed by atoms with van der Waals surface area (Å²) in [4.78, 5) is 23.8. The van der Waals surface area contributed by atoms with Crippen molar-refractivity contribution in [3.05, 3.63) is 72.5 Å². The number of carbonyl (C=O) groups is 2. The third-order valence-electron chi connectivity index (χ3n) is 5.04. The molecule has 1 atom stereocenters. The maximum absolute atomic E-state index is 12.3. The monoisotopic (exact) mass is 423 g/mol. The van der Waals surface area contributed by atoms with Gasteiger partial charge in [0.15, 0.2) is 0 Å². The van der Waals surface area contributed by atoms with Crippen LogP contribution in [0.2, 0.25) is 0 Å². The number of ether oxygens (including phenoxy) is 1. The van der Waals surface area contributed by atoms with Gasteiger partial charge in [-0.25, -0.2) is 0 Å². The van der Waals surface area contributed by atoms with Gasteiger partial charge in [-0.15, -0.1) is 0 Å². The number of benzene rings is 2. The molecular formula is C26H33NO4. The summed E-state index contributed by atoms with van der Waals surface area (Å²) in [6.45, 7) is 5.63. The molecule has 5 nitrogen and oxygen atoms in total. The van der Waals surface area contributed by atoms with Crippen LogP contribution >= 0.6 is 0 Å². The molecule has 0 fully saturated rings. The molecule has 0 aromatic heterocycles. The minimum atomic E-state index is -0.180. The van der Waals surface area contributed by atoms with Crippen LogP contribution < -0.4 is 5.32 Å². The van der Waals surface area contributed by atoms with E-state index in [4.69, 9.17) is 4.74 Å². The average molecular weight is 424 g/mol. The molecule has 2 rings (SSSR count). The topological polar surface area (TPSA) is 75.6 Å². The third-order valence-corrected chi connectivity index (χ3v) is 5.04. The third kappa shape index (κ3) is 9.51. The van der Waals surface area contributed by atoms with Gasteiger partial charge in [-0.2, -0.15) is 0 Å². The molecule has 0 radical (unpaired) electrons. The van der Waals surface area contributed by atoms with E-state index in [1.54, 1.807) is 6.92 Å². The van der Waals surface area contributed by atoms with Crippen molar-refractivity contribution >= 4 is 11.9 Å². The maximum Gasteiger partial charge on any atom is 0.305 e. The van der Waals surface area contributed by atoms with Crippen LogP contribution in [0.5, 0.6) is 0 Å². The molecule has 0 saturated carbocycles. The van der Waals surface area contributed by atoms with Gasteiger partial charge in [-0.3, -0.25) is 9.59 Å². The Morgan fingerprint density at radius 2 is 1.65 bits per heavy atom. The van der Waals surface area contributed by atoms with E-state index in [0.717, 1.165) is 30.4 Å². The zero-order chi connectivity index (χ0) is 22.5. The first-order valence-electron chi connectivity index (χ1n) is 10.9. The van der Waals surface area contributed by atoms with E-state index in [-0.39, 0.29) is 36.5 Å². The maximum atomic E-state index is 12.3. The molecule has 0 bridgehead atoms. The van der Waals surface area contributed by atoms with Crippen LogP contribution in [0.15, 0.2) is 66.9 Å². The standard InChI is InChI=1S/C26H33NO4/c1-3-31-26(30)12-8-7-11-24(27-25(29)18-13-20(2)28)19-21-14-16-23(17-15-21)22-9-5-4-6-10-22/h4-6,9-10,14-17,24,28H,2-3,7-8,11-13,18-19H2,1H3,(H,27,29)/t24-/m0/s1. The second-order valence-corrected chi connectivity index (χ2v) is 7.65. The summed E-state index contributed by atoms with van der Waals surface area (Å²) in [6.07, 6.45) is 3.88. The predicted molar refractivity (Wildman–Crippen MR) is 124 cm³/mol. The number of aliphatic hydroxyl groups is 1. The molecule has 2 N–H and O–H groups in total. The molecule has 0 aliphatic rings. The van der Waals surface area contributed by atoms with Crippen molar-refractivity contribution in [3.8, 4) is 11.1 Å². The lowest BCUT2D eigenvalue weighted by molar-refractivity contribution is -0.143. The SMILES string of the molecule is C=C(O)CCC(=O)N[C@@H](CCCCC(=O)OCC)Cc1ccc(-c2ccccc2)cc1. The number of rotatable bonds is 13. The molecule has 0 heterocycles. The number of allylic oxidation sites excluding steroid dienone is 1. The van der Waals surface area contributed by atoms with E-state index in [9.17, 15) is 14.7 Å². The van der Waals surface area contributed by atoms with Crippen molar-refractivity contribution < 1.29 is 19.4 Å². The summed E-state index contributed by atoms with van der Waals surface area (Å²) >= 11 is 0. The van der Waals surface area contributed by atoms with Crippen molar-refractivity contribution in [3.63, 3.8) is 0 Å². The van der Waals surface area contributed by atoms with Crippen LogP contribution in [-0.4, -0.2) is 29.6 Å². The Morgan fingerprint density at radius 1 is 0.968 bits per heavy atom. The zero-order valence-corrected chi connectivity index (χ0v) is 18.3. The summed E-state index contributed by atoms with van der Waals surface area (Å²) in [5, 5.41) is 12.3. The van der Waals surface area contributed by atoms with Crippen LogP contribution in [0.4, 0.5) is 0 Å². The Labute approximate surface area is 185 Å². The van der Waals surface area contributed by atoms with Gasteiger partial charge < -0.3 is 15.2 Å². The van der Waals surface area contributed by atoms with Gasteiger partial charge in [0, 0.05) is 25.3 Å². The Hall–Kier alpha value is -3.08. The summed E-state index contributed by atoms with van der Waals surface area (Å²) in [5.41, 5.74) is 3.46. The fraction of sp³-hybridized carbons (Fsp3) is 0.385. The normalized spacial score (nSPS) is 11.5. The number of hydrogen-bond donors (Lipinski definition) is 2. The highest BCUT2D eigenvalue weighted by molar-refractivity contribution is 5.76. The molecule has 1 amide bonds. The summed E-state index contributed by atoms with van der Waals surface area (Å²) in [6, 6.07) is 18.5. The Balaban J connectivity index is 1.95. The molecule has 0 aliphatic carbocycles. The fourth-order valence-corrected chi connectivity index (χ4v) is 3.42. The van der Waals surface area contributed by atoms with Gasteiger partial charge in [0.2, 0.25) is 5.91 Å². The predicted octanol–water partition coefficient (Wildman–Crippen LogP) is 5.36. The van der Waals surface area contributed by atoms with E-state index in [1.165, 1.54) is 5.56 Å². The van der Waals surface area contributed by atoms with E-state index >= 15 is 0 Å². The molecule has 0 saturated heterocycles. The zero-order valence-electron chi connectivity index (χ0n) is 18.3. The quantitative estimate of drug-likeness (QED) is 0.258. The summed E-state index contributed by atoms with van der Waals surface area (Å²) in [5.74, 6) is -0.273. The first-order valence-corrected chi connectivity index (χ1v) is 10.9. The second kappa shape index (κ2) is 13.3. The van der Waals surface area contributed by atoms with Gasteiger partial charge >= 0.3 is 5.97 Å². The lowest BCUT2D eigenvalue weighted by Crippen LogP contribution is -2.36. The smallest absolute Gasteiger partial charge is 0.305 e. The van der Waals surface area contributed by atoms with Gasteiger partial charge in [0.05, 0.1) is 12.4 Å². The number of aliphatic hydroxyl groups excluding tert-OH is 1. The van der Waals surface area contributed by atoms with Crippen LogP contribution in [0.1, 0.15) is 51.0 Å². The van der Waals surface area contributed by atoms with E-state index in [1.807, 2.05) is 18.2 Å². The number of hydrogen-bond acceptors (Lipinski definition) is 4. The molecule has 166 valence electrons. The lowest BCUT2D eigenvalue weighted by Gasteiger charge is -2.19. The first kappa shape index (κ1) is 24.2. The van der Waals surface area contributed by atoms with Crippen molar-refractivity contribution in [1.82, 2.24) is 5.32 Å². The van der Waals surface area contributed by atoms with Gasteiger partial charge in [0.1, 0.15) is 0 Å². The Morgan fingerprint density at radius 3 is 2.29 bits per heavy atom. The number of esters is 1. The minimum Gasteiger partial charge on any atom is -0.513 e. The molecule has 2 aromatic rings. The fourth-order valence-electron chi connectivity index (χ4n) is 3.42. The van der Waals surface area contributed by atoms with Gasteiger partial charge in [-0.05, 0) is 42.9 Å². The molecule has 0 aliphatic heterocycles. The molecule has 31 heavy (non-hydrogen) atoms. The lowest BCUT2D eigenvalue weighted by atomic mass is 9.97. The van der Waals surface area contributed by atoms with Crippen molar-refractivity contribution in [2.24, 2.45) is 0 Å². The number of carbonyl (C=O) groups excluding carboxylic acids is 2. The highest BCUT2D eigenvalue weighted by Crippen LogP contribution is 2.20. The molecular weight excluding hydrogens is 390 g/mol. The number of nitrogens with one attached hydrogen (secondary N) is 1. The largest absolute Gasteiger partial charge is 0.513 e. The number of unbranched alkanes of at least 4 members (excludes halogenated alkanes) is 1. The highest BCUT2D eigenvalue weighted by atomic mass is 16.5. The van der Waals surface area contributed by atoms with E-state index in [2.05, 4.69) is 48.3 Å². The second-order valence-electron chi connectivity index (χ2n) is 7.65. The first-order chi connectivity index (χ1) is 15.0. The van der Waals surface area contributed by atoms with Crippen LogP contribution in [0, 0.1) is 0 Å². The van der Waals surface area contributed by atoms with E-state index in [0.29, 0.717) is 19.4 Å². The van der Waals surface area contributed by atoms with Crippen molar-refractivity contribution in [2.45, 2.75) is 57.9 Å². The molecule has 2 aromatic carbocycles. The van der Waals surface area contributed by atoms with Gasteiger partial charge in [0.25, 0.3) is 0 Å². The van der Waals surface area contributed by atoms with Crippen molar-refractivity contribution in [2.75, 3.05) is 6.61 Å². The summed E-state index contributed by atoms with van der Waals surface area (Å²) in [7, 11) is 0. The molecule has 5 heteroatoms. The van der Waals surface area contributed by atoms with Crippen LogP contribution in [0.25, 0.3) is 11.1 Å². The molecule has 0 unspecified atom stereocenters. The minimum absolute atomic E-state index is 0.0117. The molecule has 0 spiro atoms.